The maximum atomic E-state index is 10.1. The topological polar surface area (TPSA) is 32.6 Å². The molecule has 0 spiro atoms. The van der Waals surface area contributed by atoms with Crippen LogP contribution in [0.4, 0.5) is 0 Å². The van der Waals surface area contributed by atoms with Gasteiger partial charge in [0.05, 0.1) is 0 Å². The molecule has 15 heavy (non-hydrogen) atoms. The van der Waals surface area contributed by atoms with Gasteiger partial charge in [-0.3, -0.25) is 0 Å². The third-order valence-corrected chi connectivity index (χ3v) is 3.65. The Kier molecular flexibility index (Phi) is 3.12. The van der Waals surface area contributed by atoms with Crippen molar-refractivity contribution in [3.8, 4) is 0 Å². The van der Waals surface area contributed by atoms with Gasteiger partial charge in [0, 0.05) is 17.7 Å². The molecule has 0 fully saturated rings. The van der Waals surface area contributed by atoms with Gasteiger partial charge >= 0.3 is 0 Å². The molecule has 1 atom stereocenters. The molecular formula is C12H15NOS. The first-order valence-corrected chi connectivity index (χ1v) is 6.22. The Balaban J connectivity index is 2.30. The fourth-order valence-electron chi connectivity index (χ4n) is 1.57. The molecule has 1 N–H and O–H groups in total. The van der Waals surface area contributed by atoms with E-state index < -0.39 is 5.72 Å². The Morgan fingerprint density at radius 1 is 1.40 bits per heavy atom. The molecule has 0 aromatic heterocycles. The van der Waals surface area contributed by atoms with Gasteiger partial charge in [-0.15, -0.1) is 11.8 Å². The van der Waals surface area contributed by atoms with Gasteiger partial charge in [0.25, 0.3) is 0 Å². The van der Waals surface area contributed by atoms with Crippen molar-refractivity contribution in [2.45, 2.75) is 25.5 Å². The largest absolute Gasteiger partial charge is 0.369 e. The van der Waals surface area contributed by atoms with E-state index in [0.29, 0.717) is 6.42 Å². The Hall–Kier alpha value is -0.800. The Morgan fingerprint density at radius 2 is 2.13 bits per heavy atom. The van der Waals surface area contributed by atoms with E-state index in [-0.39, 0.29) is 0 Å². The summed E-state index contributed by atoms with van der Waals surface area (Å²) in [5.41, 5.74) is 0.269. The van der Waals surface area contributed by atoms with Crippen molar-refractivity contribution in [2.24, 2.45) is 4.99 Å². The Bertz CT molecular complexity index is 363. The van der Waals surface area contributed by atoms with Crippen molar-refractivity contribution in [3.63, 3.8) is 0 Å². The van der Waals surface area contributed by atoms with Crippen molar-refractivity contribution in [3.05, 3.63) is 35.9 Å². The van der Waals surface area contributed by atoms with Crippen LogP contribution in [0.5, 0.6) is 0 Å². The first kappa shape index (κ1) is 10.7. The maximum absolute atomic E-state index is 10.1. The van der Waals surface area contributed by atoms with E-state index in [0.717, 1.165) is 22.8 Å². The molecule has 0 saturated heterocycles. The van der Waals surface area contributed by atoms with E-state index in [1.807, 2.05) is 37.3 Å². The lowest BCUT2D eigenvalue weighted by atomic mass is 10.1. The summed E-state index contributed by atoms with van der Waals surface area (Å²) >= 11 is 1.72. The molecule has 3 heteroatoms. The first-order valence-electron chi connectivity index (χ1n) is 5.24. The van der Waals surface area contributed by atoms with Gasteiger partial charge < -0.3 is 5.11 Å². The molecule has 0 saturated carbocycles. The van der Waals surface area contributed by atoms with Gasteiger partial charge in [-0.05, 0) is 6.42 Å². The molecule has 0 radical (unpaired) electrons. The van der Waals surface area contributed by atoms with Crippen LogP contribution < -0.4 is 0 Å². The minimum Gasteiger partial charge on any atom is -0.369 e. The number of benzene rings is 1. The quantitative estimate of drug-likeness (QED) is 0.832. The summed E-state index contributed by atoms with van der Waals surface area (Å²) in [4.78, 5) is 4.44. The monoisotopic (exact) mass is 221 g/mol. The third kappa shape index (κ3) is 2.41. The van der Waals surface area contributed by atoms with Crippen LogP contribution in [0.3, 0.4) is 0 Å². The predicted molar refractivity (Wildman–Crippen MR) is 65.3 cm³/mol. The minimum absolute atomic E-state index is 0.684. The van der Waals surface area contributed by atoms with Gasteiger partial charge in [0.1, 0.15) is 5.04 Å². The number of aliphatic hydroxyl groups is 1. The standard InChI is InChI=1S/C12H15NOS/c1-2-12(14)8-9-15-11(13-12)10-6-4-3-5-7-10/h3-7,14H,2,8-9H2,1H3/t12-/m0/s1. The molecule has 1 aliphatic rings. The average Bonchev–Trinajstić information content (AvgIpc) is 2.30. The molecule has 1 aromatic carbocycles. The number of thioether (sulfide) groups is 1. The first-order chi connectivity index (χ1) is 7.23. The van der Waals surface area contributed by atoms with E-state index >= 15 is 0 Å². The summed E-state index contributed by atoms with van der Waals surface area (Å²) in [6.45, 7) is 1.97. The minimum atomic E-state index is -0.837. The number of rotatable bonds is 2. The zero-order chi connectivity index (χ0) is 10.7. The van der Waals surface area contributed by atoms with Crippen LogP contribution in [-0.2, 0) is 0 Å². The van der Waals surface area contributed by atoms with Crippen LogP contribution >= 0.6 is 11.8 Å². The molecule has 2 rings (SSSR count). The van der Waals surface area contributed by atoms with Crippen molar-refractivity contribution < 1.29 is 5.11 Å². The number of nitrogens with zero attached hydrogens (tertiary/aromatic N) is 1. The highest BCUT2D eigenvalue weighted by molar-refractivity contribution is 8.14. The van der Waals surface area contributed by atoms with Gasteiger partial charge in [0.15, 0.2) is 5.72 Å². The summed E-state index contributed by atoms with van der Waals surface area (Å²) in [6, 6.07) is 10.1. The lowest BCUT2D eigenvalue weighted by molar-refractivity contribution is 0.0425. The van der Waals surface area contributed by atoms with Crippen LogP contribution in [0.15, 0.2) is 35.3 Å². The summed E-state index contributed by atoms with van der Waals surface area (Å²) in [5.74, 6) is 0.943. The highest BCUT2D eigenvalue weighted by atomic mass is 32.2. The SMILES string of the molecule is CC[C@]1(O)CCSC(c2ccccc2)=N1. The lowest BCUT2D eigenvalue weighted by Gasteiger charge is -2.27. The fourth-order valence-corrected chi connectivity index (χ4v) is 2.73. The summed E-state index contributed by atoms with van der Waals surface area (Å²) < 4.78 is 0. The van der Waals surface area contributed by atoms with Gasteiger partial charge in [-0.25, -0.2) is 4.99 Å². The van der Waals surface area contributed by atoms with Crippen LogP contribution in [0.25, 0.3) is 0 Å². The van der Waals surface area contributed by atoms with Crippen LogP contribution in [0, 0.1) is 0 Å². The molecule has 1 aromatic rings. The number of hydrogen-bond donors (Lipinski definition) is 1. The molecular weight excluding hydrogens is 206 g/mol. The average molecular weight is 221 g/mol. The van der Waals surface area contributed by atoms with E-state index in [1.165, 1.54) is 0 Å². The molecule has 0 unspecified atom stereocenters. The lowest BCUT2D eigenvalue weighted by Crippen LogP contribution is -2.30. The summed E-state index contributed by atoms with van der Waals surface area (Å²) in [6.07, 6.45) is 1.44. The van der Waals surface area contributed by atoms with E-state index in [1.54, 1.807) is 11.8 Å². The van der Waals surface area contributed by atoms with Crippen LogP contribution in [-0.4, -0.2) is 21.6 Å². The Morgan fingerprint density at radius 3 is 2.80 bits per heavy atom. The van der Waals surface area contributed by atoms with Crippen molar-refractivity contribution in [2.75, 3.05) is 5.75 Å². The van der Waals surface area contributed by atoms with Gasteiger partial charge in [0.2, 0.25) is 0 Å². The van der Waals surface area contributed by atoms with Crippen LogP contribution in [0.2, 0.25) is 0 Å². The van der Waals surface area contributed by atoms with Gasteiger partial charge in [-0.1, -0.05) is 37.3 Å². The number of aliphatic imine (C=N–C) groups is 1. The second-order valence-electron chi connectivity index (χ2n) is 3.72. The third-order valence-electron chi connectivity index (χ3n) is 2.64. The second-order valence-corrected chi connectivity index (χ2v) is 4.80. The van der Waals surface area contributed by atoms with E-state index in [2.05, 4.69) is 4.99 Å². The normalized spacial score (nSPS) is 26.1. The molecule has 0 amide bonds. The van der Waals surface area contributed by atoms with Crippen molar-refractivity contribution >= 4 is 16.8 Å². The molecule has 1 aliphatic heterocycles. The van der Waals surface area contributed by atoms with Gasteiger partial charge in [-0.2, -0.15) is 0 Å². The second kappa shape index (κ2) is 4.37. The predicted octanol–water partition coefficient (Wildman–Crippen LogP) is 2.67. The highest BCUT2D eigenvalue weighted by Gasteiger charge is 2.28. The van der Waals surface area contributed by atoms with Crippen LogP contribution in [0.1, 0.15) is 25.3 Å². The number of hydrogen-bond acceptors (Lipinski definition) is 3. The summed E-state index contributed by atoms with van der Waals surface area (Å²) in [5, 5.41) is 11.1. The molecule has 80 valence electrons. The van der Waals surface area contributed by atoms with Crippen molar-refractivity contribution in [1.29, 1.82) is 0 Å². The Labute approximate surface area is 94.4 Å². The zero-order valence-corrected chi connectivity index (χ0v) is 9.63. The fraction of sp³-hybridized carbons (Fsp3) is 0.417. The molecule has 2 nitrogen and oxygen atoms in total. The van der Waals surface area contributed by atoms with E-state index in [9.17, 15) is 5.11 Å². The smallest absolute Gasteiger partial charge is 0.157 e. The summed E-state index contributed by atoms with van der Waals surface area (Å²) in [7, 11) is 0. The van der Waals surface area contributed by atoms with E-state index in [4.69, 9.17) is 0 Å². The van der Waals surface area contributed by atoms with Crippen molar-refractivity contribution in [1.82, 2.24) is 0 Å². The zero-order valence-electron chi connectivity index (χ0n) is 8.81. The molecule has 0 bridgehead atoms. The maximum Gasteiger partial charge on any atom is 0.157 e. The molecule has 1 heterocycles. The highest BCUT2D eigenvalue weighted by Crippen LogP contribution is 2.29. The molecule has 0 aliphatic carbocycles.